The van der Waals surface area contributed by atoms with Gasteiger partial charge >= 0.3 is 6.09 Å². The number of carbonyl (C=O) groups excluding carboxylic acids is 1. The monoisotopic (exact) mass is 353 g/mol. The van der Waals surface area contributed by atoms with Gasteiger partial charge < -0.3 is 15.0 Å². The van der Waals surface area contributed by atoms with E-state index in [-0.39, 0.29) is 6.09 Å². The van der Waals surface area contributed by atoms with E-state index < -0.39 is 5.60 Å². The molecule has 5 nitrogen and oxygen atoms in total. The van der Waals surface area contributed by atoms with Crippen molar-refractivity contribution >= 4 is 6.09 Å². The molecule has 1 heterocycles. The maximum absolute atomic E-state index is 12.1. The van der Waals surface area contributed by atoms with Gasteiger partial charge in [-0.1, -0.05) is 19.8 Å². The molecule has 1 amide bonds. The minimum absolute atomic E-state index is 0.170. The van der Waals surface area contributed by atoms with E-state index in [4.69, 9.17) is 4.74 Å². The number of rotatable bonds is 5. The van der Waals surface area contributed by atoms with Crippen LogP contribution in [0.3, 0.4) is 0 Å². The SMILES string of the molecule is CC1CCCC(NCCCN2CCN(C(=O)OC(C)(C)C)CC2)CC1. The maximum Gasteiger partial charge on any atom is 0.410 e. The van der Waals surface area contributed by atoms with Crippen LogP contribution in [0.1, 0.15) is 66.2 Å². The van der Waals surface area contributed by atoms with Gasteiger partial charge in [0.1, 0.15) is 5.60 Å². The number of amides is 1. The third-order valence-electron chi connectivity index (χ3n) is 5.37. The molecule has 1 aliphatic heterocycles. The smallest absolute Gasteiger partial charge is 0.410 e. The number of ether oxygens (including phenoxy) is 1. The van der Waals surface area contributed by atoms with Gasteiger partial charge in [0.05, 0.1) is 0 Å². The van der Waals surface area contributed by atoms with Gasteiger partial charge in [-0.05, 0) is 65.5 Å². The summed E-state index contributed by atoms with van der Waals surface area (Å²) in [7, 11) is 0. The molecule has 0 aromatic carbocycles. The Labute approximate surface area is 154 Å². The summed E-state index contributed by atoms with van der Waals surface area (Å²) in [6.45, 7) is 13.9. The molecule has 146 valence electrons. The molecule has 1 saturated heterocycles. The van der Waals surface area contributed by atoms with E-state index >= 15 is 0 Å². The Morgan fingerprint density at radius 1 is 1.08 bits per heavy atom. The Balaban J connectivity index is 1.56. The van der Waals surface area contributed by atoms with Gasteiger partial charge in [-0.3, -0.25) is 4.90 Å². The zero-order valence-electron chi connectivity index (χ0n) is 16.9. The highest BCUT2D eigenvalue weighted by molar-refractivity contribution is 5.68. The van der Waals surface area contributed by atoms with E-state index in [1.54, 1.807) is 0 Å². The first-order chi connectivity index (χ1) is 11.8. The van der Waals surface area contributed by atoms with Gasteiger partial charge in [-0.2, -0.15) is 0 Å². The van der Waals surface area contributed by atoms with Crippen LogP contribution >= 0.6 is 0 Å². The van der Waals surface area contributed by atoms with Crippen molar-refractivity contribution in [3.05, 3.63) is 0 Å². The van der Waals surface area contributed by atoms with Crippen LogP contribution in [0, 0.1) is 5.92 Å². The van der Waals surface area contributed by atoms with Crippen molar-refractivity contribution in [1.82, 2.24) is 15.1 Å². The predicted molar refractivity (Wildman–Crippen MR) is 103 cm³/mol. The molecule has 1 N–H and O–H groups in total. The highest BCUT2D eigenvalue weighted by Gasteiger charge is 2.25. The molecule has 0 spiro atoms. The summed E-state index contributed by atoms with van der Waals surface area (Å²) in [5.41, 5.74) is -0.407. The van der Waals surface area contributed by atoms with Crippen molar-refractivity contribution in [2.24, 2.45) is 5.92 Å². The molecule has 2 fully saturated rings. The third-order valence-corrected chi connectivity index (χ3v) is 5.37. The van der Waals surface area contributed by atoms with Crippen molar-refractivity contribution in [1.29, 1.82) is 0 Å². The normalized spacial score (nSPS) is 26.3. The highest BCUT2D eigenvalue weighted by atomic mass is 16.6. The number of piperazine rings is 1. The number of nitrogens with one attached hydrogen (secondary N) is 1. The first-order valence-electron chi connectivity index (χ1n) is 10.3. The summed E-state index contributed by atoms with van der Waals surface area (Å²) in [6, 6.07) is 0.731. The van der Waals surface area contributed by atoms with Crippen LogP contribution in [0.5, 0.6) is 0 Å². The summed E-state index contributed by atoms with van der Waals surface area (Å²) in [5, 5.41) is 3.76. The van der Waals surface area contributed by atoms with Gasteiger partial charge in [-0.25, -0.2) is 4.79 Å². The van der Waals surface area contributed by atoms with Gasteiger partial charge in [0, 0.05) is 32.2 Å². The molecular weight excluding hydrogens is 314 g/mol. The number of hydrogen-bond donors (Lipinski definition) is 1. The van der Waals surface area contributed by atoms with E-state index in [0.29, 0.717) is 0 Å². The van der Waals surface area contributed by atoms with Crippen LogP contribution in [0.2, 0.25) is 0 Å². The van der Waals surface area contributed by atoms with E-state index in [2.05, 4.69) is 17.1 Å². The Bertz CT molecular complexity index is 400. The minimum Gasteiger partial charge on any atom is -0.444 e. The van der Waals surface area contributed by atoms with Crippen molar-refractivity contribution in [2.75, 3.05) is 39.3 Å². The molecule has 1 saturated carbocycles. The van der Waals surface area contributed by atoms with E-state index in [0.717, 1.165) is 51.2 Å². The summed E-state index contributed by atoms with van der Waals surface area (Å²) in [6.07, 6.45) is 7.87. The second-order valence-corrected chi connectivity index (χ2v) is 8.93. The van der Waals surface area contributed by atoms with E-state index in [9.17, 15) is 4.79 Å². The lowest BCUT2D eigenvalue weighted by Crippen LogP contribution is -2.50. The fraction of sp³-hybridized carbons (Fsp3) is 0.950. The summed E-state index contributed by atoms with van der Waals surface area (Å²) in [4.78, 5) is 16.4. The van der Waals surface area contributed by atoms with Crippen LogP contribution in [-0.4, -0.2) is 66.8 Å². The van der Waals surface area contributed by atoms with E-state index in [1.165, 1.54) is 38.5 Å². The minimum atomic E-state index is -0.407. The molecule has 2 rings (SSSR count). The fourth-order valence-corrected chi connectivity index (χ4v) is 3.78. The number of hydrogen-bond acceptors (Lipinski definition) is 4. The lowest BCUT2D eigenvalue weighted by molar-refractivity contribution is 0.0144. The molecule has 5 heteroatoms. The van der Waals surface area contributed by atoms with Crippen LogP contribution in [0.15, 0.2) is 0 Å². The predicted octanol–water partition coefficient (Wildman–Crippen LogP) is 3.49. The van der Waals surface area contributed by atoms with Gasteiger partial charge in [0.2, 0.25) is 0 Å². The zero-order chi connectivity index (χ0) is 18.3. The van der Waals surface area contributed by atoms with Crippen molar-refractivity contribution in [3.8, 4) is 0 Å². The average Bonchev–Trinajstić information content (AvgIpc) is 2.75. The fourth-order valence-electron chi connectivity index (χ4n) is 3.78. The van der Waals surface area contributed by atoms with Gasteiger partial charge in [0.15, 0.2) is 0 Å². The topological polar surface area (TPSA) is 44.8 Å². The second-order valence-electron chi connectivity index (χ2n) is 8.93. The molecule has 25 heavy (non-hydrogen) atoms. The molecule has 2 atom stereocenters. The molecule has 0 bridgehead atoms. The van der Waals surface area contributed by atoms with Gasteiger partial charge in [-0.15, -0.1) is 0 Å². The van der Waals surface area contributed by atoms with Crippen molar-refractivity contribution < 1.29 is 9.53 Å². The van der Waals surface area contributed by atoms with Crippen molar-refractivity contribution in [2.45, 2.75) is 77.9 Å². The maximum atomic E-state index is 12.1. The lowest BCUT2D eigenvalue weighted by atomic mass is 10.0. The van der Waals surface area contributed by atoms with Crippen LogP contribution < -0.4 is 5.32 Å². The quantitative estimate of drug-likeness (QED) is 0.607. The average molecular weight is 354 g/mol. The Morgan fingerprint density at radius 2 is 1.80 bits per heavy atom. The Hall–Kier alpha value is -0.810. The summed E-state index contributed by atoms with van der Waals surface area (Å²) < 4.78 is 5.45. The first kappa shape index (κ1) is 20.5. The first-order valence-corrected chi connectivity index (χ1v) is 10.3. The largest absolute Gasteiger partial charge is 0.444 e. The molecule has 0 aromatic heterocycles. The Kier molecular flexibility index (Phi) is 8.01. The molecular formula is C20H39N3O2. The molecule has 0 radical (unpaired) electrons. The number of nitrogens with zero attached hydrogens (tertiary/aromatic N) is 2. The summed E-state index contributed by atoms with van der Waals surface area (Å²) >= 11 is 0. The molecule has 2 aliphatic rings. The zero-order valence-corrected chi connectivity index (χ0v) is 16.9. The lowest BCUT2D eigenvalue weighted by Gasteiger charge is -2.35. The highest BCUT2D eigenvalue weighted by Crippen LogP contribution is 2.22. The summed E-state index contributed by atoms with van der Waals surface area (Å²) in [5.74, 6) is 0.910. The number of carbonyl (C=O) groups is 1. The second kappa shape index (κ2) is 9.77. The van der Waals surface area contributed by atoms with Gasteiger partial charge in [0.25, 0.3) is 0 Å². The van der Waals surface area contributed by atoms with E-state index in [1.807, 2.05) is 25.7 Å². The van der Waals surface area contributed by atoms with Crippen molar-refractivity contribution in [3.63, 3.8) is 0 Å². The molecule has 2 unspecified atom stereocenters. The Morgan fingerprint density at radius 3 is 2.48 bits per heavy atom. The third kappa shape index (κ3) is 7.95. The van der Waals surface area contributed by atoms with Crippen LogP contribution in [0.25, 0.3) is 0 Å². The molecule has 0 aromatic rings. The molecule has 1 aliphatic carbocycles. The standard InChI is InChI=1S/C20H39N3O2/c1-17-7-5-8-18(10-9-17)21-11-6-12-22-13-15-23(16-14-22)19(24)25-20(2,3)4/h17-18,21H,5-16H2,1-4H3. The van der Waals surface area contributed by atoms with Crippen LogP contribution in [0.4, 0.5) is 4.79 Å². The van der Waals surface area contributed by atoms with Crippen LogP contribution in [-0.2, 0) is 4.74 Å².